The van der Waals surface area contributed by atoms with Gasteiger partial charge in [-0.1, -0.05) is 6.07 Å². The Bertz CT molecular complexity index is 497. The summed E-state index contributed by atoms with van der Waals surface area (Å²) < 4.78 is 0. The van der Waals surface area contributed by atoms with Gasteiger partial charge in [-0.3, -0.25) is 4.79 Å². The minimum atomic E-state index is -0.526. The Morgan fingerprint density at radius 3 is 2.88 bits per heavy atom. The average molecular weight is 249 g/mol. The molecule has 1 heterocycles. The maximum absolute atomic E-state index is 11.8. The molecule has 0 bridgehead atoms. The SMILES string of the molecule is CC1(C)C(=O)NCc2ccc(NC(N)=S)cc21. The van der Waals surface area contributed by atoms with Crippen LogP contribution in [0.1, 0.15) is 25.0 Å². The first kappa shape index (κ1) is 11.9. The summed E-state index contributed by atoms with van der Waals surface area (Å²) in [5.41, 5.74) is 7.87. The summed E-state index contributed by atoms with van der Waals surface area (Å²) >= 11 is 4.80. The minimum absolute atomic E-state index is 0.0393. The summed E-state index contributed by atoms with van der Waals surface area (Å²) in [6.45, 7) is 4.39. The molecular formula is C12H15N3OS. The first-order valence-corrected chi connectivity index (χ1v) is 5.80. The molecule has 90 valence electrons. The molecule has 1 aromatic rings. The van der Waals surface area contributed by atoms with Crippen LogP contribution < -0.4 is 16.4 Å². The van der Waals surface area contributed by atoms with Gasteiger partial charge in [0.05, 0.1) is 5.41 Å². The first-order chi connectivity index (χ1) is 7.91. The molecule has 0 aromatic heterocycles. The standard InChI is InChI=1S/C12H15N3OS/c1-12(2)9-5-8(15-11(13)17)4-3-7(9)6-14-10(12)16/h3-5H,6H2,1-2H3,(H,14,16)(H3,13,15,17). The van der Waals surface area contributed by atoms with Gasteiger partial charge in [-0.05, 0) is 49.3 Å². The van der Waals surface area contributed by atoms with E-state index in [1.807, 2.05) is 32.0 Å². The van der Waals surface area contributed by atoms with Gasteiger partial charge in [0.2, 0.25) is 5.91 Å². The largest absolute Gasteiger partial charge is 0.376 e. The number of nitrogens with two attached hydrogens (primary N) is 1. The zero-order valence-corrected chi connectivity index (χ0v) is 10.6. The Labute approximate surface area is 106 Å². The first-order valence-electron chi connectivity index (χ1n) is 5.39. The summed E-state index contributed by atoms with van der Waals surface area (Å²) in [5, 5.41) is 5.99. The Balaban J connectivity index is 2.46. The summed E-state index contributed by atoms with van der Waals surface area (Å²) in [6.07, 6.45) is 0. The van der Waals surface area contributed by atoms with E-state index in [0.717, 1.165) is 16.8 Å². The van der Waals surface area contributed by atoms with Gasteiger partial charge in [0.15, 0.2) is 5.11 Å². The second-order valence-electron chi connectivity index (χ2n) is 4.67. The predicted molar refractivity (Wildman–Crippen MR) is 71.7 cm³/mol. The van der Waals surface area contributed by atoms with E-state index >= 15 is 0 Å². The van der Waals surface area contributed by atoms with Crippen molar-refractivity contribution in [3.05, 3.63) is 29.3 Å². The number of fused-ring (bicyclic) bond motifs is 1. The third kappa shape index (κ3) is 2.10. The van der Waals surface area contributed by atoms with Crippen LogP contribution in [0.5, 0.6) is 0 Å². The van der Waals surface area contributed by atoms with E-state index in [4.69, 9.17) is 18.0 Å². The van der Waals surface area contributed by atoms with E-state index in [-0.39, 0.29) is 11.0 Å². The molecule has 0 fully saturated rings. The van der Waals surface area contributed by atoms with Gasteiger partial charge >= 0.3 is 0 Å². The summed E-state index contributed by atoms with van der Waals surface area (Å²) in [6, 6.07) is 5.83. The molecule has 0 spiro atoms. The number of amides is 1. The van der Waals surface area contributed by atoms with Crippen LogP contribution in [0.2, 0.25) is 0 Å². The van der Waals surface area contributed by atoms with Crippen molar-refractivity contribution in [2.75, 3.05) is 5.32 Å². The van der Waals surface area contributed by atoms with Gasteiger partial charge in [-0.15, -0.1) is 0 Å². The van der Waals surface area contributed by atoms with Crippen LogP contribution in [-0.2, 0) is 16.8 Å². The van der Waals surface area contributed by atoms with Crippen molar-refractivity contribution < 1.29 is 4.79 Å². The highest BCUT2D eigenvalue weighted by molar-refractivity contribution is 7.80. The number of hydrogen-bond acceptors (Lipinski definition) is 2. The fourth-order valence-corrected chi connectivity index (χ4v) is 2.17. The van der Waals surface area contributed by atoms with Crippen molar-refractivity contribution in [2.24, 2.45) is 5.73 Å². The number of hydrogen-bond donors (Lipinski definition) is 3. The Kier molecular flexibility index (Phi) is 2.79. The number of anilines is 1. The van der Waals surface area contributed by atoms with Gasteiger partial charge in [0.1, 0.15) is 0 Å². The van der Waals surface area contributed by atoms with E-state index in [2.05, 4.69) is 10.6 Å². The Morgan fingerprint density at radius 1 is 1.53 bits per heavy atom. The highest BCUT2D eigenvalue weighted by Crippen LogP contribution is 2.32. The van der Waals surface area contributed by atoms with E-state index < -0.39 is 5.41 Å². The molecule has 0 radical (unpaired) electrons. The Hall–Kier alpha value is -1.62. The van der Waals surface area contributed by atoms with Crippen LogP contribution in [0.3, 0.4) is 0 Å². The van der Waals surface area contributed by atoms with E-state index in [1.165, 1.54) is 0 Å². The molecule has 4 nitrogen and oxygen atoms in total. The van der Waals surface area contributed by atoms with Gasteiger partial charge in [-0.25, -0.2) is 0 Å². The molecule has 0 unspecified atom stereocenters. The molecule has 17 heavy (non-hydrogen) atoms. The highest BCUT2D eigenvalue weighted by atomic mass is 32.1. The maximum Gasteiger partial charge on any atom is 0.230 e. The fraction of sp³-hybridized carbons (Fsp3) is 0.333. The molecule has 1 aromatic carbocycles. The van der Waals surface area contributed by atoms with Crippen LogP contribution in [0.25, 0.3) is 0 Å². The Morgan fingerprint density at radius 2 is 2.24 bits per heavy atom. The molecule has 0 atom stereocenters. The lowest BCUT2D eigenvalue weighted by Gasteiger charge is -2.32. The molecular weight excluding hydrogens is 234 g/mol. The topological polar surface area (TPSA) is 67.2 Å². The van der Waals surface area contributed by atoms with Gasteiger partial charge in [0.25, 0.3) is 0 Å². The third-order valence-corrected chi connectivity index (χ3v) is 3.16. The summed E-state index contributed by atoms with van der Waals surface area (Å²) in [4.78, 5) is 11.8. The van der Waals surface area contributed by atoms with Crippen molar-refractivity contribution >= 4 is 28.9 Å². The second kappa shape index (κ2) is 4.00. The number of nitrogens with one attached hydrogen (secondary N) is 2. The maximum atomic E-state index is 11.8. The fourth-order valence-electron chi connectivity index (χ4n) is 2.05. The monoisotopic (exact) mass is 249 g/mol. The smallest absolute Gasteiger partial charge is 0.230 e. The molecule has 5 heteroatoms. The van der Waals surface area contributed by atoms with Gasteiger partial charge < -0.3 is 16.4 Å². The molecule has 1 aliphatic rings. The lowest BCUT2D eigenvalue weighted by molar-refractivity contribution is -0.126. The van der Waals surface area contributed by atoms with Crippen LogP contribution in [0.4, 0.5) is 5.69 Å². The number of thiocarbonyl (C=S) groups is 1. The molecule has 0 saturated heterocycles. The molecule has 4 N–H and O–H groups in total. The zero-order valence-electron chi connectivity index (χ0n) is 9.83. The van der Waals surface area contributed by atoms with Crippen LogP contribution in [-0.4, -0.2) is 11.0 Å². The molecule has 0 aliphatic carbocycles. The van der Waals surface area contributed by atoms with Crippen molar-refractivity contribution in [1.29, 1.82) is 0 Å². The lowest BCUT2D eigenvalue weighted by Crippen LogP contribution is -2.44. The highest BCUT2D eigenvalue weighted by Gasteiger charge is 2.35. The number of rotatable bonds is 1. The number of carbonyl (C=O) groups excluding carboxylic acids is 1. The number of carbonyl (C=O) groups is 1. The van der Waals surface area contributed by atoms with Crippen molar-refractivity contribution in [1.82, 2.24) is 5.32 Å². The second-order valence-corrected chi connectivity index (χ2v) is 5.11. The normalized spacial score (nSPS) is 16.9. The molecule has 1 aliphatic heterocycles. The lowest BCUT2D eigenvalue weighted by atomic mass is 9.78. The van der Waals surface area contributed by atoms with Crippen LogP contribution in [0.15, 0.2) is 18.2 Å². The zero-order chi connectivity index (χ0) is 12.6. The van der Waals surface area contributed by atoms with Crippen LogP contribution >= 0.6 is 12.2 Å². The van der Waals surface area contributed by atoms with E-state index in [9.17, 15) is 4.79 Å². The molecule has 2 rings (SSSR count). The van der Waals surface area contributed by atoms with Crippen LogP contribution in [0, 0.1) is 0 Å². The van der Waals surface area contributed by atoms with Crippen molar-refractivity contribution in [3.8, 4) is 0 Å². The van der Waals surface area contributed by atoms with Gasteiger partial charge in [-0.2, -0.15) is 0 Å². The van der Waals surface area contributed by atoms with E-state index in [1.54, 1.807) is 0 Å². The average Bonchev–Trinajstić information content (AvgIpc) is 2.24. The summed E-state index contributed by atoms with van der Waals surface area (Å²) in [7, 11) is 0. The third-order valence-electron chi connectivity index (χ3n) is 3.06. The molecule has 0 saturated carbocycles. The van der Waals surface area contributed by atoms with Crippen molar-refractivity contribution in [3.63, 3.8) is 0 Å². The van der Waals surface area contributed by atoms with Gasteiger partial charge in [0, 0.05) is 12.2 Å². The molecule has 1 amide bonds. The minimum Gasteiger partial charge on any atom is -0.376 e. The van der Waals surface area contributed by atoms with E-state index in [0.29, 0.717) is 6.54 Å². The van der Waals surface area contributed by atoms with Crippen molar-refractivity contribution in [2.45, 2.75) is 25.8 Å². The predicted octanol–water partition coefficient (Wildman–Crippen LogP) is 1.25. The summed E-state index contributed by atoms with van der Waals surface area (Å²) in [5.74, 6) is 0.0393. The number of benzene rings is 1. The quantitative estimate of drug-likeness (QED) is 0.655.